The van der Waals surface area contributed by atoms with Crippen molar-refractivity contribution in [3.05, 3.63) is 35.6 Å². The predicted octanol–water partition coefficient (Wildman–Crippen LogP) is 1.77. The zero-order valence-corrected chi connectivity index (χ0v) is 10.2. The molecule has 0 radical (unpaired) electrons. The standard InChI is InChI=1S/C13H18FNO2/c1-3-15(8-9-16)13(17)10(2)11-6-4-5-7-12(11)14/h4-7,10,16H,3,8-9H2,1-2H3. The molecule has 1 unspecified atom stereocenters. The van der Waals surface area contributed by atoms with Gasteiger partial charge in [0.2, 0.25) is 5.91 Å². The van der Waals surface area contributed by atoms with E-state index in [1.807, 2.05) is 6.92 Å². The van der Waals surface area contributed by atoms with Gasteiger partial charge in [-0.05, 0) is 25.5 Å². The van der Waals surface area contributed by atoms with Crippen molar-refractivity contribution in [1.82, 2.24) is 4.90 Å². The fraction of sp³-hybridized carbons (Fsp3) is 0.462. The first-order valence-electron chi connectivity index (χ1n) is 5.75. The van der Waals surface area contributed by atoms with E-state index in [0.29, 0.717) is 12.1 Å². The fourth-order valence-electron chi connectivity index (χ4n) is 1.78. The first-order valence-corrected chi connectivity index (χ1v) is 5.75. The van der Waals surface area contributed by atoms with E-state index < -0.39 is 5.92 Å². The van der Waals surface area contributed by atoms with Gasteiger partial charge < -0.3 is 10.0 Å². The first kappa shape index (κ1) is 13.6. The van der Waals surface area contributed by atoms with Gasteiger partial charge in [0.15, 0.2) is 0 Å². The van der Waals surface area contributed by atoms with Crippen molar-refractivity contribution in [2.45, 2.75) is 19.8 Å². The summed E-state index contributed by atoms with van der Waals surface area (Å²) in [6, 6.07) is 6.28. The maximum Gasteiger partial charge on any atom is 0.230 e. The number of rotatable bonds is 5. The third-order valence-corrected chi connectivity index (χ3v) is 2.81. The molecule has 1 aromatic rings. The molecule has 0 aliphatic heterocycles. The number of carbonyl (C=O) groups excluding carboxylic acids is 1. The highest BCUT2D eigenvalue weighted by atomic mass is 19.1. The Morgan fingerprint density at radius 3 is 2.65 bits per heavy atom. The minimum atomic E-state index is -0.525. The van der Waals surface area contributed by atoms with Crippen LogP contribution in [0.3, 0.4) is 0 Å². The number of benzene rings is 1. The van der Waals surface area contributed by atoms with E-state index in [9.17, 15) is 9.18 Å². The Kier molecular flexibility index (Phi) is 5.10. The Morgan fingerprint density at radius 1 is 1.47 bits per heavy atom. The lowest BCUT2D eigenvalue weighted by Gasteiger charge is -2.24. The second-order valence-corrected chi connectivity index (χ2v) is 3.88. The van der Waals surface area contributed by atoms with E-state index in [0.717, 1.165) is 0 Å². The lowest BCUT2D eigenvalue weighted by atomic mass is 9.99. The van der Waals surface area contributed by atoms with Gasteiger partial charge in [-0.3, -0.25) is 4.79 Å². The molecule has 0 aromatic heterocycles. The van der Waals surface area contributed by atoms with Crippen molar-refractivity contribution in [3.8, 4) is 0 Å². The first-order chi connectivity index (χ1) is 8.11. The lowest BCUT2D eigenvalue weighted by Crippen LogP contribution is -2.36. The molecule has 3 nitrogen and oxygen atoms in total. The average molecular weight is 239 g/mol. The molecule has 0 aliphatic rings. The molecular formula is C13H18FNO2. The molecule has 0 spiro atoms. The largest absolute Gasteiger partial charge is 0.395 e. The summed E-state index contributed by atoms with van der Waals surface area (Å²) in [6.45, 7) is 4.23. The highest BCUT2D eigenvalue weighted by Gasteiger charge is 2.22. The van der Waals surface area contributed by atoms with Crippen molar-refractivity contribution >= 4 is 5.91 Å². The van der Waals surface area contributed by atoms with Gasteiger partial charge in [-0.15, -0.1) is 0 Å². The number of aliphatic hydroxyl groups is 1. The van der Waals surface area contributed by atoms with Crippen molar-refractivity contribution in [3.63, 3.8) is 0 Å². The monoisotopic (exact) mass is 239 g/mol. The molecule has 0 saturated heterocycles. The van der Waals surface area contributed by atoms with Crippen LogP contribution in [0.5, 0.6) is 0 Å². The molecule has 1 atom stereocenters. The molecule has 0 bridgehead atoms. The highest BCUT2D eigenvalue weighted by Crippen LogP contribution is 2.20. The minimum Gasteiger partial charge on any atom is -0.395 e. The molecular weight excluding hydrogens is 221 g/mol. The zero-order valence-electron chi connectivity index (χ0n) is 10.2. The van der Waals surface area contributed by atoms with E-state index >= 15 is 0 Å². The van der Waals surface area contributed by atoms with Gasteiger partial charge in [-0.25, -0.2) is 4.39 Å². The molecule has 17 heavy (non-hydrogen) atoms. The smallest absolute Gasteiger partial charge is 0.230 e. The van der Waals surface area contributed by atoms with Crippen LogP contribution >= 0.6 is 0 Å². The molecule has 1 N–H and O–H groups in total. The van der Waals surface area contributed by atoms with Gasteiger partial charge in [-0.1, -0.05) is 18.2 Å². The number of halogens is 1. The summed E-state index contributed by atoms with van der Waals surface area (Å²) in [5, 5.41) is 8.86. The van der Waals surface area contributed by atoms with Crippen molar-refractivity contribution in [2.75, 3.05) is 19.7 Å². The van der Waals surface area contributed by atoms with Gasteiger partial charge in [0.25, 0.3) is 0 Å². The number of hydrogen-bond donors (Lipinski definition) is 1. The van der Waals surface area contributed by atoms with Gasteiger partial charge in [-0.2, -0.15) is 0 Å². The zero-order chi connectivity index (χ0) is 12.8. The van der Waals surface area contributed by atoms with Gasteiger partial charge >= 0.3 is 0 Å². The molecule has 0 aliphatic carbocycles. The van der Waals surface area contributed by atoms with Crippen LogP contribution in [-0.4, -0.2) is 35.6 Å². The number of carbonyl (C=O) groups is 1. The SMILES string of the molecule is CCN(CCO)C(=O)C(C)c1ccccc1F. The molecule has 0 heterocycles. The van der Waals surface area contributed by atoms with E-state index in [1.165, 1.54) is 11.0 Å². The van der Waals surface area contributed by atoms with Crippen molar-refractivity contribution < 1.29 is 14.3 Å². The Bertz CT molecular complexity index is 381. The van der Waals surface area contributed by atoms with E-state index in [4.69, 9.17) is 5.11 Å². The topological polar surface area (TPSA) is 40.5 Å². The summed E-state index contributed by atoms with van der Waals surface area (Å²) < 4.78 is 13.5. The molecule has 1 aromatic carbocycles. The lowest BCUT2D eigenvalue weighted by molar-refractivity contribution is -0.132. The predicted molar refractivity (Wildman–Crippen MR) is 64.2 cm³/mol. The second kappa shape index (κ2) is 6.35. The number of hydrogen-bond acceptors (Lipinski definition) is 2. The van der Waals surface area contributed by atoms with Crippen LogP contribution in [0.25, 0.3) is 0 Å². The van der Waals surface area contributed by atoms with E-state index in [2.05, 4.69) is 0 Å². The number of amides is 1. The Balaban J connectivity index is 2.85. The summed E-state index contributed by atoms with van der Waals surface area (Å²) in [4.78, 5) is 13.6. The minimum absolute atomic E-state index is 0.0798. The molecule has 4 heteroatoms. The summed E-state index contributed by atoms with van der Waals surface area (Å²) in [5.41, 5.74) is 0.397. The fourth-order valence-corrected chi connectivity index (χ4v) is 1.78. The summed E-state index contributed by atoms with van der Waals surface area (Å²) in [7, 11) is 0. The third-order valence-electron chi connectivity index (χ3n) is 2.81. The van der Waals surface area contributed by atoms with Crippen molar-refractivity contribution in [1.29, 1.82) is 0 Å². The Labute approximate surface area is 101 Å². The van der Waals surface area contributed by atoms with E-state index in [1.54, 1.807) is 25.1 Å². The Morgan fingerprint density at radius 2 is 2.12 bits per heavy atom. The van der Waals surface area contributed by atoms with Crippen LogP contribution in [0.1, 0.15) is 25.3 Å². The maximum atomic E-state index is 13.5. The van der Waals surface area contributed by atoms with Crippen LogP contribution in [0.4, 0.5) is 4.39 Å². The van der Waals surface area contributed by atoms with Crippen LogP contribution in [-0.2, 0) is 4.79 Å². The quantitative estimate of drug-likeness (QED) is 0.850. The second-order valence-electron chi connectivity index (χ2n) is 3.88. The molecule has 0 fully saturated rings. The van der Waals surface area contributed by atoms with Crippen LogP contribution in [0.2, 0.25) is 0 Å². The molecule has 94 valence electrons. The third kappa shape index (κ3) is 3.27. The average Bonchev–Trinajstić information content (AvgIpc) is 2.35. The van der Waals surface area contributed by atoms with E-state index in [-0.39, 0.29) is 24.9 Å². The molecule has 0 saturated carbocycles. The normalized spacial score (nSPS) is 12.2. The van der Waals surface area contributed by atoms with Crippen LogP contribution < -0.4 is 0 Å². The summed E-state index contributed by atoms with van der Waals surface area (Å²) >= 11 is 0. The van der Waals surface area contributed by atoms with Gasteiger partial charge in [0.05, 0.1) is 12.5 Å². The highest BCUT2D eigenvalue weighted by molar-refractivity contribution is 5.83. The summed E-state index contributed by atoms with van der Waals surface area (Å²) in [5.74, 6) is -1.05. The number of likely N-dealkylation sites (N-methyl/N-ethyl adjacent to an activating group) is 1. The number of nitrogens with zero attached hydrogens (tertiary/aromatic N) is 1. The van der Waals surface area contributed by atoms with Gasteiger partial charge in [0, 0.05) is 13.1 Å². The summed E-state index contributed by atoms with van der Waals surface area (Å²) in [6.07, 6.45) is 0. The van der Waals surface area contributed by atoms with Crippen LogP contribution in [0.15, 0.2) is 24.3 Å². The van der Waals surface area contributed by atoms with Crippen LogP contribution in [0, 0.1) is 5.82 Å². The maximum absolute atomic E-state index is 13.5. The Hall–Kier alpha value is -1.42. The van der Waals surface area contributed by atoms with Gasteiger partial charge in [0.1, 0.15) is 5.82 Å². The number of aliphatic hydroxyl groups excluding tert-OH is 1. The van der Waals surface area contributed by atoms with Crippen molar-refractivity contribution in [2.24, 2.45) is 0 Å². The molecule has 1 amide bonds. The molecule has 1 rings (SSSR count).